The molecule has 0 spiro atoms. The Hall–Kier alpha value is -2.42. The minimum Gasteiger partial charge on any atom is -0.408 e. The van der Waals surface area contributed by atoms with Crippen LogP contribution in [0.3, 0.4) is 0 Å². The van der Waals surface area contributed by atoms with E-state index in [1.54, 1.807) is 6.07 Å². The van der Waals surface area contributed by atoms with Gasteiger partial charge in [0.25, 0.3) is 0 Å². The van der Waals surface area contributed by atoms with Crippen molar-refractivity contribution in [2.45, 2.75) is 18.4 Å². The molecule has 0 atom stereocenters. The molecule has 0 saturated carbocycles. The number of aryl methyl sites for hydroxylation is 1. The molecule has 1 aromatic heterocycles. The van der Waals surface area contributed by atoms with Gasteiger partial charge in [-0.15, -0.1) is 0 Å². The largest absolute Gasteiger partial charge is 0.417 e. The molecule has 1 saturated heterocycles. The highest BCUT2D eigenvalue weighted by Gasteiger charge is 2.29. The summed E-state index contributed by atoms with van der Waals surface area (Å²) < 4.78 is 32.3. The number of benzene rings is 2. The first-order chi connectivity index (χ1) is 12.9. The number of sulfonamides is 1. The van der Waals surface area contributed by atoms with Crippen LogP contribution in [-0.4, -0.2) is 48.8 Å². The van der Waals surface area contributed by atoms with E-state index in [9.17, 15) is 13.2 Å². The number of rotatable bonds is 4. The maximum atomic E-state index is 12.9. The van der Waals surface area contributed by atoms with Crippen molar-refractivity contribution in [3.63, 3.8) is 0 Å². The summed E-state index contributed by atoms with van der Waals surface area (Å²) in [5.74, 6) is -0.593. The molecule has 8 heteroatoms. The van der Waals surface area contributed by atoms with Crippen LogP contribution in [-0.2, 0) is 16.6 Å². The topological polar surface area (TPSA) is 86.6 Å². The summed E-state index contributed by atoms with van der Waals surface area (Å²) in [6.07, 6.45) is 0. The number of hydrogen-bond acceptors (Lipinski definition) is 5. The molecular weight excluding hydrogens is 366 g/mol. The fourth-order valence-corrected chi connectivity index (χ4v) is 4.83. The van der Waals surface area contributed by atoms with Gasteiger partial charge in [0.05, 0.1) is 10.4 Å². The zero-order valence-electron chi connectivity index (χ0n) is 15.0. The van der Waals surface area contributed by atoms with Crippen LogP contribution in [0.15, 0.2) is 56.6 Å². The normalized spacial score (nSPS) is 16.8. The molecule has 1 fully saturated rings. The van der Waals surface area contributed by atoms with E-state index in [0.29, 0.717) is 31.7 Å². The van der Waals surface area contributed by atoms with Crippen molar-refractivity contribution in [3.05, 3.63) is 64.1 Å². The van der Waals surface area contributed by atoms with Crippen LogP contribution < -0.4 is 5.76 Å². The minimum atomic E-state index is -3.62. The number of aromatic amines is 1. The van der Waals surface area contributed by atoms with Crippen LogP contribution in [0.4, 0.5) is 0 Å². The zero-order valence-corrected chi connectivity index (χ0v) is 15.8. The van der Waals surface area contributed by atoms with Gasteiger partial charge in [0, 0.05) is 38.8 Å². The first kappa shape index (κ1) is 18.0. The predicted octanol–water partition coefficient (Wildman–Crippen LogP) is 1.94. The van der Waals surface area contributed by atoms with Gasteiger partial charge in [-0.1, -0.05) is 24.3 Å². The number of H-pyrrole nitrogens is 1. The fourth-order valence-electron chi connectivity index (χ4n) is 3.39. The van der Waals surface area contributed by atoms with Crippen LogP contribution in [0, 0.1) is 6.92 Å². The van der Waals surface area contributed by atoms with Gasteiger partial charge >= 0.3 is 5.76 Å². The minimum absolute atomic E-state index is 0.144. The van der Waals surface area contributed by atoms with E-state index < -0.39 is 15.8 Å². The summed E-state index contributed by atoms with van der Waals surface area (Å²) >= 11 is 0. The van der Waals surface area contributed by atoms with E-state index in [2.05, 4.69) is 28.9 Å². The molecule has 7 nitrogen and oxygen atoms in total. The fraction of sp³-hybridized carbons (Fsp3) is 0.316. The Morgan fingerprint density at radius 1 is 1.07 bits per heavy atom. The van der Waals surface area contributed by atoms with Gasteiger partial charge in [-0.3, -0.25) is 9.88 Å². The Kier molecular flexibility index (Phi) is 4.63. The van der Waals surface area contributed by atoms with E-state index in [-0.39, 0.29) is 10.5 Å². The second-order valence-corrected chi connectivity index (χ2v) is 8.72. The molecule has 0 amide bonds. The molecule has 2 aromatic carbocycles. The van der Waals surface area contributed by atoms with Crippen LogP contribution in [0.25, 0.3) is 11.1 Å². The molecule has 3 aromatic rings. The van der Waals surface area contributed by atoms with Crippen LogP contribution in [0.5, 0.6) is 0 Å². The molecule has 27 heavy (non-hydrogen) atoms. The number of piperazine rings is 1. The molecule has 0 bridgehead atoms. The quantitative estimate of drug-likeness (QED) is 0.739. The van der Waals surface area contributed by atoms with Gasteiger partial charge < -0.3 is 4.42 Å². The summed E-state index contributed by atoms with van der Waals surface area (Å²) in [6.45, 7) is 5.13. The van der Waals surface area contributed by atoms with Crippen molar-refractivity contribution in [2.75, 3.05) is 26.2 Å². The maximum Gasteiger partial charge on any atom is 0.417 e. The molecule has 0 unspecified atom stereocenters. The molecule has 1 aliphatic heterocycles. The van der Waals surface area contributed by atoms with Crippen molar-refractivity contribution in [1.29, 1.82) is 0 Å². The first-order valence-electron chi connectivity index (χ1n) is 8.83. The van der Waals surface area contributed by atoms with Gasteiger partial charge in [0.15, 0.2) is 5.58 Å². The third-order valence-corrected chi connectivity index (χ3v) is 6.91. The number of nitrogens with zero attached hydrogens (tertiary/aromatic N) is 2. The van der Waals surface area contributed by atoms with Gasteiger partial charge in [-0.2, -0.15) is 4.31 Å². The standard InChI is InChI=1S/C19H21N3O4S/c1-14-4-2-3-5-15(14)13-21-8-10-22(11-9-21)27(24,25)16-6-7-17-18(12-16)26-19(23)20-17/h2-7,12H,8-11,13H2,1H3,(H,20,23). The number of hydrogen-bond donors (Lipinski definition) is 1. The summed E-state index contributed by atoms with van der Waals surface area (Å²) in [4.78, 5) is 16.2. The number of aromatic nitrogens is 1. The molecule has 142 valence electrons. The maximum absolute atomic E-state index is 12.9. The van der Waals surface area contributed by atoms with Gasteiger partial charge in [0.1, 0.15) is 0 Å². The Labute approximate surface area is 157 Å². The molecule has 0 radical (unpaired) electrons. The van der Waals surface area contributed by atoms with Crippen molar-refractivity contribution < 1.29 is 12.8 Å². The van der Waals surface area contributed by atoms with Crippen molar-refractivity contribution in [3.8, 4) is 0 Å². The highest BCUT2D eigenvalue weighted by Crippen LogP contribution is 2.22. The molecule has 0 aliphatic carbocycles. The monoisotopic (exact) mass is 387 g/mol. The summed E-state index contributed by atoms with van der Waals surface area (Å²) in [5, 5.41) is 0. The zero-order chi connectivity index (χ0) is 19.0. The molecular formula is C19H21N3O4S. The SMILES string of the molecule is Cc1ccccc1CN1CCN(S(=O)(=O)c2ccc3[nH]c(=O)oc3c2)CC1. The third kappa shape index (κ3) is 3.55. The number of oxazole rings is 1. The Morgan fingerprint density at radius 3 is 2.56 bits per heavy atom. The Bertz CT molecular complexity index is 1130. The average molecular weight is 387 g/mol. The molecule has 1 aliphatic rings. The summed E-state index contributed by atoms with van der Waals surface area (Å²) in [6, 6.07) is 12.7. The van der Waals surface area contributed by atoms with Crippen molar-refractivity contribution in [2.24, 2.45) is 0 Å². The lowest BCUT2D eigenvalue weighted by Crippen LogP contribution is -2.48. The van der Waals surface area contributed by atoms with E-state index >= 15 is 0 Å². The molecule has 4 rings (SSSR count). The molecule has 2 heterocycles. The lowest BCUT2D eigenvalue weighted by atomic mass is 10.1. The first-order valence-corrected chi connectivity index (χ1v) is 10.3. The smallest absolute Gasteiger partial charge is 0.408 e. The highest BCUT2D eigenvalue weighted by molar-refractivity contribution is 7.89. The Balaban J connectivity index is 1.47. The predicted molar refractivity (Wildman–Crippen MR) is 102 cm³/mol. The lowest BCUT2D eigenvalue weighted by Gasteiger charge is -2.34. The van der Waals surface area contributed by atoms with Gasteiger partial charge in [-0.25, -0.2) is 13.2 Å². The van der Waals surface area contributed by atoms with Crippen LogP contribution >= 0.6 is 0 Å². The van der Waals surface area contributed by atoms with Gasteiger partial charge in [0.2, 0.25) is 10.0 Å². The van der Waals surface area contributed by atoms with E-state index in [1.807, 2.05) is 12.1 Å². The van der Waals surface area contributed by atoms with E-state index in [1.165, 1.54) is 27.6 Å². The van der Waals surface area contributed by atoms with Crippen LogP contribution in [0.2, 0.25) is 0 Å². The van der Waals surface area contributed by atoms with Crippen molar-refractivity contribution in [1.82, 2.24) is 14.2 Å². The summed E-state index contributed by atoms with van der Waals surface area (Å²) in [5.41, 5.74) is 3.25. The lowest BCUT2D eigenvalue weighted by molar-refractivity contribution is 0.181. The van der Waals surface area contributed by atoms with E-state index in [0.717, 1.165) is 6.54 Å². The van der Waals surface area contributed by atoms with Gasteiger partial charge in [-0.05, 0) is 30.2 Å². The third-order valence-electron chi connectivity index (χ3n) is 5.02. The summed E-state index contributed by atoms with van der Waals surface area (Å²) in [7, 11) is -3.62. The number of nitrogens with one attached hydrogen (secondary N) is 1. The van der Waals surface area contributed by atoms with Crippen LogP contribution in [0.1, 0.15) is 11.1 Å². The van der Waals surface area contributed by atoms with E-state index in [4.69, 9.17) is 4.42 Å². The number of fused-ring (bicyclic) bond motifs is 1. The second kappa shape index (κ2) is 6.95. The Morgan fingerprint density at radius 2 is 1.81 bits per heavy atom. The highest BCUT2D eigenvalue weighted by atomic mass is 32.2. The van der Waals surface area contributed by atoms with Crippen molar-refractivity contribution >= 4 is 21.1 Å². The molecule has 1 N–H and O–H groups in total. The average Bonchev–Trinajstić information content (AvgIpc) is 3.03. The second-order valence-electron chi connectivity index (χ2n) is 6.78.